The average molecular weight is 246 g/mol. The van der Waals surface area contributed by atoms with E-state index in [-0.39, 0.29) is 65.9 Å². The summed E-state index contributed by atoms with van der Waals surface area (Å²) in [5.41, 5.74) is 0. The van der Waals surface area contributed by atoms with E-state index >= 15 is 0 Å². The van der Waals surface area contributed by atoms with Crippen LogP contribution < -0.4 is 0 Å². The first-order valence-corrected chi connectivity index (χ1v) is 0. The summed E-state index contributed by atoms with van der Waals surface area (Å²) in [6.07, 6.45) is 0. The van der Waals surface area contributed by atoms with Crippen LogP contribution in [0.15, 0.2) is 0 Å². The van der Waals surface area contributed by atoms with Crippen molar-refractivity contribution in [3.05, 3.63) is 0 Å². The molecule has 30 valence electrons. The van der Waals surface area contributed by atoms with Crippen LogP contribution in [0.2, 0.25) is 0 Å². The molecular formula is H3MnPPdV. The first-order chi connectivity index (χ1) is 0. The SMILES string of the molecule is P.[Mn].[Pd].[V]. The van der Waals surface area contributed by atoms with Gasteiger partial charge in [0.1, 0.15) is 0 Å². The molecule has 0 nitrogen and oxygen atoms in total. The first-order valence-electron chi connectivity index (χ1n) is 0. The smallest absolute Gasteiger partial charge is 0 e. The molecule has 0 aliphatic rings. The molecule has 0 amide bonds. The van der Waals surface area contributed by atoms with Gasteiger partial charge in [0.05, 0.1) is 0 Å². The fourth-order valence-electron chi connectivity index (χ4n) is 0. The maximum absolute atomic E-state index is 0. The van der Waals surface area contributed by atoms with Gasteiger partial charge >= 0.3 is 0 Å². The predicted octanol–water partition coefficient (Wildman–Crippen LogP) is 0.0506. The van der Waals surface area contributed by atoms with Crippen LogP contribution in [0.25, 0.3) is 0 Å². The minimum absolute atomic E-state index is 0. The number of hydrogen-bond acceptors (Lipinski definition) is 0. The van der Waals surface area contributed by atoms with Crippen LogP contribution in [0, 0.1) is 0 Å². The van der Waals surface area contributed by atoms with Gasteiger partial charge in [-0.3, -0.25) is 0 Å². The van der Waals surface area contributed by atoms with Gasteiger partial charge in [0.2, 0.25) is 0 Å². The molecule has 0 N–H and O–H groups in total. The quantitative estimate of drug-likeness (QED) is 0.418. The van der Waals surface area contributed by atoms with Crippen molar-refractivity contribution in [1.29, 1.82) is 0 Å². The molecule has 0 bridgehead atoms. The number of hydrogen-bond donors (Lipinski definition) is 0. The van der Waals surface area contributed by atoms with E-state index in [2.05, 4.69) is 0 Å². The van der Waals surface area contributed by atoms with E-state index in [1.54, 1.807) is 0 Å². The standard InChI is InChI=1S/Mn.H3P.Pd.V/h;1H3;;. The molecule has 1 atom stereocenters. The Hall–Kier alpha value is 2.20. The van der Waals surface area contributed by atoms with Crippen LogP contribution in [-0.4, -0.2) is 0 Å². The van der Waals surface area contributed by atoms with Gasteiger partial charge in [-0.05, 0) is 0 Å². The van der Waals surface area contributed by atoms with Crippen LogP contribution in [-0.2, 0) is 56.0 Å². The normalized spacial score (nSPS) is 0. The van der Waals surface area contributed by atoms with E-state index in [1.807, 2.05) is 0 Å². The van der Waals surface area contributed by atoms with Crippen molar-refractivity contribution in [2.75, 3.05) is 0 Å². The molecular weight excluding hydrogens is 243 g/mol. The zero-order valence-corrected chi connectivity index (χ0v) is 7.39. The van der Waals surface area contributed by atoms with Crippen LogP contribution in [0.3, 0.4) is 0 Å². The second kappa shape index (κ2) is 19.0. The Kier molecular flexibility index (Phi) is 164. The van der Waals surface area contributed by atoms with E-state index < -0.39 is 0 Å². The summed E-state index contributed by atoms with van der Waals surface area (Å²) in [4.78, 5) is 0. The summed E-state index contributed by atoms with van der Waals surface area (Å²) >= 11 is 0. The molecule has 0 rings (SSSR count). The molecule has 0 aliphatic heterocycles. The monoisotopic (exact) mass is 246 g/mol. The summed E-state index contributed by atoms with van der Waals surface area (Å²) in [5.74, 6) is 0. The Bertz CT molecular complexity index is 8.00. The third-order valence-corrected chi connectivity index (χ3v) is 0. The largest absolute Gasteiger partial charge is 0.153 e. The van der Waals surface area contributed by atoms with Gasteiger partial charge < -0.3 is 0 Å². The van der Waals surface area contributed by atoms with E-state index in [0.29, 0.717) is 0 Å². The Labute approximate surface area is 65.5 Å². The van der Waals surface area contributed by atoms with Gasteiger partial charge in [-0.25, -0.2) is 0 Å². The predicted molar refractivity (Wildman–Crippen MR) is 11.1 cm³/mol. The summed E-state index contributed by atoms with van der Waals surface area (Å²) in [7, 11) is 0. The van der Waals surface area contributed by atoms with Gasteiger partial charge in [-0.2, -0.15) is 9.90 Å². The van der Waals surface area contributed by atoms with E-state index in [0.717, 1.165) is 0 Å². The van der Waals surface area contributed by atoms with E-state index in [9.17, 15) is 0 Å². The minimum atomic E-state index is 0. The van der Waals surface area contributed by atoms with Gasteiger partial charge in [0.25, 0.3) is 0 Å². The molecule has 0 fully saturated rings. The molecule has 0 spiro atoms. The molecule has 2 radical (unpaired) electrons. The Morgan fingerprint density at radius 2 is 1.00 bits per heavy atom. The average Bonchev–Trinajstić information content (AvgIpc) is 0. The maximum Gasteiger partial charge on any atom is 0 e. The van der Waals surface area contributed by atoms with Crippen molar-refractivity contribution in [3.8, 4) is 0 Å². The number of rotatable bonds is 0. The fourth-order valence-corrected chi connectivity index (χ4v) is 0. The van der Waals surface area contributed by atoms with Gasteiger partial charge in [-0.1, -0.05) is 0 Å². The van der Waals surface area contributed by atoms with Crippen molar-refractivity contribution < 1.29 is 56.0 Å². The molecule has 4 heavy (non-hydrogen) atoms. The van der Waals surface area contributed by atoms with Crippen molar-refractivity contribution in [1.82, 2.24) is 0 Å². The fraction of sp³-hybridized carbons (Fsp3) is 0. The molecule has 1 unspecified atom stereocenters. The zero-order valence-electron chi connectivity index (χ0n) is 1.85. The summed E-state index contributed by atoms with van der Waals surface area (Å²) in [6.45, 7) is 0. The third kappa shape index (κ3) is 8.89. The van der Waals surface area contributed by atoms with Crippen molar-refractivity contribution in [2.45, 2.75) is 0 Å². The summed E-state index contributed by atoms with van der Waals surface area (Å²) < 4.78 is 0. The molecule has 0 saturated carbocycles. The second-order valence-electron chi connectivity index (χ2n) is 0. The topological polar surface area (TPSA) is 0 Å². The van der Waals surface area contributed by atoms with Crippen LogP contribution >= 0.6 is 9.90 Å². The third-order valence-electron chi connectivity index (χ3n) is 0. The molecule has 0 saturated heterocycles. The van der Waals surface area contributed by atoms with Crippen molar-refractivity contribution >= 4 is 9.90 Å². The van der Waals surface area contributed by atoms with E-state index in [4.69, 9.17) is 0 Å². The summed E-state index contributed by atoms with van der Waals surface area (Å²) in [5, 5.41) is 0. The van der Waals surface area contributed by atoms with Crippen LogP contribution in [0.1, 0.15) is 0 Å². The molecule has 0 aromatic rings. The van der Waals surface area contributed by atoms with E-state index in [1.165, 1.54) is 0 Å². The maximum atomic E-state index is 0. The van der Waals surface area contributed by atoms with Gasteiger partial charge in [-0.15, -0.1) is 0 Å². The van der Waals surface area contributed by atoms with Crippen molar-refractivity contribution in [2.24, 2.45) is 0 Å². The Morgan fingerprint density at radius 3 is 1.00 bits per heavy atom. The van der Waals surface area contributed by atoms with Crippen molar-refractivity contribution in [3.63, 3.8) is 0 Å². The molecule has 0 aromatic carbocycles. The van der Waals surface area contributed by atoms with Gasteiger partial charge in [0, 0.05) is 56.0 Å². The molecule has 0 aliphatic carbocycles. The summed E-state index contributed by atoms with van der Waals surface area (Å²) in [6, 6.07) is 0. The Balaban J connectivity index is 0. The molecule has 0 aromatic heterocycles. The second-order valence-corrected chi connectivity index (χ2v) is 0. The van der Waals surface area contributed by atoms with Crippen LogP contribution in [0.4, 0.5) is 0 Å². The van der Waals surface area contributed by atoms with Gasteiger partial charge in [0.15, 0.2) is 0 Å². The Morgan fingerprint density at radius 1 is 1.00 bits per heavy atom. The minimum Gasteiger partial charge on any atom is -0.153 e. The molecule has 4 heteroatoms. The van der Waals surface area contributed by atoms with Crippen LogP contribution in [0.5, 0.6) is 0 Å². The molecule has 0 heterocycles. The first kappa shape index (κ1) is 34.7. The zero-order chi connectivity index (χ0) is 0.